The number of ether oxygens (including phenoxy) is 1. The summed E-state index contributed by atoms with van der Waals surface area (Å²) in [4.78, 5) is 33.4. The molecule has 1 N–H and O–H groups in total. The van der Waals surface area contributed by atoms with Gasteiger partial charge in [0.05, 0.1) is 17.3 Å². The topological polar surface area (TPSA) is 110 Å². The fourth-order valence-corrected chi connectivity index (χ4v) is 7.22. The Labute approximate surface area is 266 Å². The maximum absolute atomic E-state index is 13.7. The van der Waals surface area contributed by atoms with Crippen molar-refractivity contribution in [2.75, 3.05) is 11.5 Å². The number of aryl methyl sites for hydroxylation is 2. The van der Waals surface area contributed by atoms with Crippen LogP contribution in [0, 0.1) is 13.8 Å². The number of fused-ring (bicyclic) bond motifs is 1. The number of pyridine rings is 1. The van der Waals surface area contributed by atoms with Crippen molar-refractivity contribution in [2.24, 2.45) is 0 Å². The Morgan fingerprint density at radius 3 is 2.73 bits per heavy atom. The lowest BCUT2D eigenvalue weighted by molar-refractivity contribution is -0.132. The molecule has 1 saturated heterocycles. The summed E-state index contributed by atoms with van der Waals surface area (Å²) in [5.74, 6) is -0.984. The zero-order chi connectivity index (χ0) is 31.0. The first-order valence-corrected chi connectivity index (χ1v) is 15.8. The molecule has 12 heteroatoms. The summed E-state index contributed by atoms with van der Waals surface area (Å²) in [6.45, 7) is 7.68. The van der Waals surface area contributed by atoms with E-state index in [1.165, 1.54) is 28.0 Å². The number of ketones is 1. The highest BCUT2D eigenvalue weighted by atomic mass is 35.5. The zero-order valence-corrected chi connectivity index (χ0v) is 26.1. The Hall–Kier alpha value is -4.45. The second-order valence-corrected chi connectivity index (χ2v) is 12.6. The van der Waals surface area contributed by atoms with Gasteiger partial charge in [0.25, 0.3) is 5.78 Å². The number of nitrogens with zero attached hydrogens (tertiary/aromatic N) is 5. The van der Waals surface area contributed by atoms with Gasteiger partial charge in [0.15, 0.2) is 10.1 Å². The van der Waals surface area contributed by atoms with Gasteiger partial charge in [-0.25, -0.2) is 4.98 Å². The molecule has 44 heavy (non-hydrogen) atoms. The van der Waals surface area contributed by atoms with Crippen molar-refractivity contribution in [1.29, 1.82) is 0 Å². The van der Waals surface area contributed by atoms with Crippen molar-refractivity contribution < 1.29 is 19.4 Å². The molecule has 222 valence electrons. The van der Waals surface area contributed by atoms with Crippen LogP contribution in [-0.2, 0) is 15.3 Å². The predicted octanol–water partition coefficient (Wildman–Crippen LogP) is 6.94. The molecule has 1 aliphatic heterocycles. The molecule has 1 atom stereocenters. The molecule has 9 nitrogen and oxygen atoms in total. The molecule has 2 aromatic carbocycles. The number of anilines is 1. The van der Waals surface area contributed by atoms with Crippen LogP contribution in [0.25, 0.3) is 11.4 Å². The van der Waals surface area contributed by atoms with Crippen molar-refractivity contribution in [1.82, 2.24) is 19.6 Å². The number of aliphatic hydroxyl groups is 1. The maximum atomic E-state index is 13.7. The van der Waals surface area contributed by atoms with Crippen molar-refractivity contribution in [3.63, 3.8) is 0 Å². The molecule has 0 saturated carbocycles. The summed E-state index contributed by atoms with van der Waals surface area (Å²) in [6, 6.07) is 17.3. The van der Waals surface area contributed by atoms with E-state index >= 15 is 0 Å². The summed E-state index contributed by atoms with van der Waals surface area (Å²) < 4.78 is 8.18. The Bertz CT molecular complexity index is 1970. The molecule has 1 amide bonds. The first-order valence-electron chi connectivity index (χ1n) is 13.6. The summed E-state index contributed by atoms with van der Waals surface area (Å²) in [6.07, 6.45) is 3.46. The first kappa shape index (κ1) is 29.6. The van der Waals surface area contributed by atoms with Gasteiger partial charge >= 0.3 is 5.91 Å². The van der Waals surface area contributed by atoms with Crippen LogP contribution in [0.2, 0.25) is 5.02 Å². The lowest BCUT2D eigenvalue weighted by Gasteiger charge is -2.22. The van der Waals surface area contributed by atoms with E-state index in [4.69, 9.17) is 16.3 Å². The standard InChI is InChI=1S/C32H26ClN5O4S2/c1-4-15-42-22-12-7-11-20(16-22)26-24(27(39)25-19(3)37-14-8-9-18(2)29(37)34-25)28(40)30(41)38(26)31-35-36-32(44-31)43-17-21-10-5-6-13-23(21)33/h4-14,16,26,39H,1,15,17H2,2-3H3. The highest BCUT2D eigenvalue weighted by molar-refractivity contribution is 8.00. The number of thioether (sulfide) groups is 1. The van der Waals surface area contributed by atoms with Crippen molar-refractivity contribution in [2.45, 2.75) is 30.0 Å². The lowest BCUT2D eigenvalue weighted by Crippen LogP contribution is -2.29. The van der Waals surface area contributed by atoms with Crippen LogP contribution >= 0.6 is 34.7 Å². The third-order valence-electron chi connectivity index (χ3n) is 7.21. The van der Waals surface area contributed by atoms with Crippen molar-refractivity contribution in [3.8, 4) is 5.75 Å². The van der Waals surface area contributed by atoms with E-state index in [0.29, 0.717) is 37.8 Å². The van der Waals surface area contributed by atoms with Crippen LogP contribution in [-0.4, -0.2) is 43.0 Å². The normalized spacial score (nSPS) is 16.2. The molecule has 1 aliphatic rings. The van der Waals surface area contributed by atoms with E-state index in [1.807, 2.05) is 53.9 Å². The number of aliphatic hydroxyl groups excluding tert-OH is 1. The van der Waals surface area contributed by atoms with Gasteiger partial charge in [0.2, 0.25) is 5.13 Å². The number of carbonyl (C=O) groups is 2. The molecule has 5 aromatic rings. The molecule has 1 fully saturated rings. The first-order chi connectivity index (χ1) is 21.3. The van der Waals surface area contributed by atoms with Gasteiger partial charge in [0, 0.05) is 17.0 Å². The smallest absolute Gasteiger partial charge is 0.301 e. The monoisotopic (exact) mass is 643 g/mol. The predicted molar refractivity (Wildman–Crippen MR) is 173 cm³/mol. The molecule has 0 spiro atoms. The summed E-state index contributed by atoms with van der Waals surface area (Å²) in [7, 11) is 0. The minimum absolute atomic E-state index is 0.0968. The third kappa shape index (κ3) is 5.38. The second kappa shape index (κ2) is 12.3. The van der Waals surface area contributed by atoms with Gasteiger partial charge in [-0.3, -0.25) is 14.5 Å². The van der Waals surface area contributed by atoms with Gasteiger partial charge in [-0.1, -0.05) is 83.8 Å². The highest BCUT2D eigenvalue weighted by Crippen LogP contribution is 2.45. The van der Waals surface area contributed by atoms with Crippen LogP contribution in [0.3, 0.4) is 0 Å². The summed E-state index contributed by atoms with van der Waals surface area (Å²) in [5.41, 5.74) is 3.77. The zero-order valence-electron chi connectivity index (χ0n) is 23.7. The average Bonchev–Trinajstić information content (AvgIpc) is 3.70. The fraction of sp³-hybridized carbons (Fsp3) is 0.156. The van der Waals surface area contributed by atoms with Crippen LogP contribution in [0.1, 0.15) is 34.1 Å². The van der Waals surface area contributed by atoms with E-state index < -0.39 is 17.7 Å². The summed E-state index contributed by atoms with van der Waals surface area (Å²) >= 11 is 8.92. The van der Waals surface area contributed by atoms with Crippen LogP contribution in [0.5, 0.6) is 5.75 Å². The Morgan fingerprint density at radius 2 is 1.95 bits per heavy atom. The molecule has 4 heterocycles. The summed E-state index contributed by atoms with van der Waals surface area (Å²) in [5, 5.41) is 21.2. The molecule has 3 aromatic heterocycles. The Balaban J connectivity index is 1.45. The van der Waals surface area contributed by atoms with Gasteiger partial charge in [0.1, 0.15) is 23.7 Å². The van der Waals surface area contributed by atoms with Gasteiger partial charge in [-0.2, -0.15) is 0 Å². The van der Waals surface area contributed by atoms with Gasteiger partial charge < -0.3 is 14.2 Å². The van der Waals surface area contributed by atoms with Gasteiger partial charge in [-0.15, -0.1) is 10.2 Å². The Kier molecular flexibility index (Phi) is 8.26. The van der Waals surface area contributed by atoms with E-state index in [2.05, 4.69) is 21.8 Å². The second-order valence-electron chi connectivity index (χ2n) is 10.0. The molecular weight excluding hydrogens is 618 g/mol. The van der Waals surface area contributed by atoms with Crippen molar-refractivity contribution in [3.05, 3.63) is 118 Å². The van der Waals surface area contributed by atoms with E-state index in [9.17, 15) is 14.7 Å². The number of rotatable bonds is 9. The highest BCUT2D eigenvalue weighted by Gasteiger charge is 2.49. The molecule has 0 bridgehead atoms. The largest absolute Gasteiger partial charge is 0.505 e. The molecule has 1 unspecified atom stereocenters. The van der Waals surface area contributed by atoms with Crippen molar-refractivity contribution >= 4 is 62.9 Å². The minimum Gasteiger partial charge on any atom is -0.505 e. The number of Topliss-reactive ketones (excluding diaryl/α,β-unsaturated/α-hetero) is 1. The maximum Gasteiger partial charge on any atom is 0.301 e. The number of aromatic nitrogens is 4. The number of halogens is 1. The SMILES string of the molecule is C=CCOc1cccc(C2C(=C(O)c3nc4c(C)cccn4c3C)C(=O)C(=O)N2c2nnc(SCc3ccccc3Cl)s2)c1. The minimum atomic E-state index is -1.01. The van der Waals surface area contributed by atoms with Crippen LogP contribution in [0.4, 0.5) is 5.13 Å². The number of imidazole rings is 1. The average molecular weight is 644 g/mol. The molecule has 6 rings (SSSR count). The number of amides is 1. The molecule has 0 aliphatic carbocycles. The van der Waals surface area contributed by atoms with Crippen LogP contribution in [0.15, 0.2) is 89.4 Å². The molecule has 0 radical (unpaired) electrons. The number of carbonyl (C=O) groups excluding carboxylic acids is 2. The van der Waals surface area contributed by atoms with E-state index in [1.54, 1.807) is 37.3 Å². The number of benzene rings is 2. The van der Waals surface area contributed by atoms with Crippen LogP contribution < -0.4 is 9.64 Å². The molecular formula is C32H26ClN5O4S2. The van der Waals surface area contributed by atoms with Gasteiger partial charge in [-0.05, 0) is 54.8 Å². The lowest BCUT2D eigenvalue weighted by atomic mass is 9.96. The quantitative estimate of drug-likeness (QED) is 0.0459. The van der Waals surface area contributed by atoms with E-state index in [-0.39, 0.29) is 28.8 Å². The third-order valence-corrected chi connectivity index (χ3v) is 9.68. The number of hydrogen-bond donors (Lipinski definition) is 1. The van der Waals surface area contributed by atoms with E-state index in [0.717, 1.165) is 11.1 Å². The Morgan fingerprint density at radius 1 is 1.14 bits per heavy atom. The number of hydrogen-bond acceptors (Lipinski definition) is 9. The fourth-order valence-electron chi connectivity index (χ4n) is 5.06.